The van der Waals surface area contributed by atoms with Crippen LogP contribution in [0.1, 0.15) is 17.9 Å². The van der Waals surface area contributed by atoms with Crippen molar-refractivity contribution in [3.05, 3.63) is 23.7 Å². The Hall–Kier alpha value is -1.36. The van der Waals surface area contributed by atoms with E-state index in [0.717, 1.165) is 11.5 Å². The fourth-order valence-electron chi connectivity index (χ4n) is 1.18. The van der Waals surface area contributed by atoms with E-state index in [1.807, 2.05) is 19.1 Å². The fraction of sp³-hybridized carbons (Fsp3) is 0.400. The Morgan fingerprint density at radius 2 is 2.27 bits per heavy atom. The fourth-order valence-corrected chi connectivity index (χ4v) is 1.30. The zero-order chi connectivity index (χ0) is 11.4. The van der Waals surface area contributed by atoms with Crippen LogP contribution in [0.5, 0.6) is 0 Å². The molecule has 0 fully saturated rings. The van der Waals surface area contributed by atoms with Gasteiger partial charge in [0.2, 0.25) is 5.91 Å². The monoisotopic (exact) mass is 226 g/mol. The number of nitrogens with two attached hydrogens (primary N) is 1. The van der Waals surface area contributed by atoms with Gasteiger partial charge in [0, 0.05) is 7.05 Å². The molecule has 4 nitrogen and oxygen atoms in total. The first-order chi connectivity index (χ1) is 6.99. The van der Waals surface area contributed by atoms with Gasteiger partial charge in [-0.2, -0.15) is 0 Å². The Bertz CT molecular complexity index is 373. The van der Waals surface area contributed by atoms with Crippen molar-refractivity contribution in [2.75, 3.05) is 7.05 Å². The van der Waals surface area contributed by atoms with Gasteiger partial charge < -0.3 is 15.1 Å². The van der Waals surface area contributed by atoms with Gasteiger partial charge in [-0.15, -0.1) is 0 Å². The summed E-state index contributed by atoms with van der Waals surface area (Å²) in [5.74, 6) is 1.49. The Balaban J connectivity index is 2.51. The standard InChI is InChI=1S/C10H14N2O2S/c1-7-3-4-8(14-7)6-12(2)10(13)5-9(11)15/h3-4H,5-6H2,1-2H3,(H2,11,15). The number of amides is 1. The van der Waals surface area contributed by atoms with Crippen molar-refractivity contribution in [2.24, 2.45) is 5.73 Å². The first-order valence-corrected chi connectivity index (χ1v) is 4.97. The predicted molar refractivity (Wildman–Crippen MR) is 61.3 cm³/mol. The second kappa shape index (κ2) is 4.93. The number of hydrogen-bond donors (Lipinski definition) is 1. The van der Waals surface area contributed by atoms with Gasteiger partial charge >= 0.3 is 0 Å². The number of carbonyl (C=O) groups excluding carboxylic acids is 1. The molecule has 1 rings (SSSR count). The van der Waals surface area contributed by atoms with E-state index in [4.69, 9.17) is 10.2 Å². The van der Waals surface area contributed by atoms with Crippen molar-refractivity contribution in [3.8, 4) is 0 Å². The van der Waals surface area contributed by atoms with Crippen LogP contribution >= 0.6 is 12.2 Å². The average molecular weight is 226 g/mol. The maximum Gasteiger partial charge on any atom is 0.229 e. The third-order valence-corrected chi connectivity index (χ3v) is 2.08. The Kier molecular flexibility index (Phi) is 3.85. The minimum Gasteiger partial charge on any atom is -0.464 e. The van der Waals surface area contributed by atoms with E-state index in [1.165, 1.54) is 4.90 Å². The third-order valence-electron chi connectivity index (χ3n) is 1.94. The smallest absolute Gasteiger partial charge is 0.229 e. The molecule has 1 amide bonds. The van der Waals surface area contributed by atoms with Crippen LogP contribution in [0.25, 0.3) is 0 Å². The van der Waals surface area contributed by atoms with Crippen LogP contribution in [0.2, 0.25) is 0 Å². The molecule has 0 saturated carbocycles. The van der Waals surface area contributed by atoms with Crippen LogP contribution in [-0.4, -0.2) is 22.8 Å². The highest BCUT2D eigenvalue weighted by atomic mass is 32.1. The average Bonchev–Trinajstić information content (AvgIpc) is 2.50. The predicted octanol–water partition coefficient (Wildman–Crippen LogP) is 1.22. The van der Waals surface area contributed by atoms with Crippen LogP contribution in [0, 0.1) is 6.92 Å². The second-order valence-corrected chi connectivity index (χ2v) is 3.93. The second-order valence-electron chi connectivity index (χ2n) is 3.41. The van der Waals surface area contributed by atoms with E-state index in [0.29, 0.717) is 6.54 Å². The normalized spacial score (nSPS) is 10.0. The lowest BCUT2D eigenvalue weighted by Gasteiger charge is -2.14. The summed E-state index contributed by atoms with van der Waals surface area (Å²) in [6.07, 6.45) is 0.103. The lowest BCUT2D eigenvalue weighted by Crippen LogP contribution is -2.29. The highest BCUT2D eigenvalue weighted by Gasteiger charge is 2.11. The first kappa shape index (κ1) is 11.7. The summed E-state index contributed by atoms with van der Waals surface area (Å²) in [4.78, 5) is 13.2. The number of furan rings is 1. The number of carbonyl (C=O) groups is 1. The van der Waals surface area contributed by atoms with Gasteiger partial charge in [0.05, 0.1) is 18.0 Å². The molecule has 0 bridgehead atoms. The highest BCUT2D eigenvalue weighted by Crippen LogP contribution is 2.09. The topological polar surface area (TPSA) is 59.5 Å². The number of rotatable bonds is 4. The minimum atomic E-state index is -0.100. The molecule has 0 aliphatic rings. The van der Waals surface area contributed by atoms with E-state index in [-0.39, 0.29) is 17.3 Å². The SMILES string of the molecule is Cc1ccc(CN(C)C(=O)CC(N)=S)o1. The molecule has 2 N–H and O–H groups in total. The molecule has 5 heteroatoms. The lowest BCUT2D eigenvalue weighted by molar-refractivity contribution is -0.129. The molecule has 15 heavy (non-hydrogen) atoms. The van der Waals surface area contributed by atoms with Crippen LogP contribution in [-0.2, 0) is 11.3 Å². The Morgan fingerprint density at radius 3 is 2.73 bits per heavy atom. The van der Waals surface area contributed by atoms with E-state index in [1.54, 1.807) is 7.05 Å². The van der Waals surface area contributed by atoms with Crippen LogP contribution < -0.4 is 5.73 Å². The molecule has 0 aromatic carbocycles. The summed E-state index contributed by atoms with van der Waals surface area (Å²) in [6.45, 7) is 2.30. The molecule has 0 spiro atoms. The largest absolute Gasteiger partial charge is 0.464 e. The third kappa shape index (κ3) is 3.71. The maximum absolute atomic E-state index is 11.5. The van der Waals surface area contributed by atoms with Gasteiger partial charge in [0.1, 0.15) is 11.5 Å². The van der Waals surface area contributed by atoms with Crippen molar-refractivity contribution >= 4 is 23.1 Å². The summed E-state index contributed by atoms with van der Waals surface area (Å²) in [7, 11) is 1.69. The summed E-state index contributed by atoms with van der Waals surface area (Å²) < 4.78 is 5.35. The van der Waals surface area contributed by atoms with Crippen LogP contribution in [0.3, 0.4) is 0 Å². The van der Waals surface area contributed by atoms with E-state index >= 15 is 0 Å². The zero-order valence-electron chi connectivity index (χ0n) is 8.82. The van der Waals surface area contributed by atoms with Gasteiger partial charge in [-0.3, -0.25) is 4.79 Å². The number of hydrogen-bond acceptors (Lipinski definition) is 3. The molecule has 0 aliphatic carbocycles. The quantitative estimate of drug-likeness (QED) is 0.784. The molecule has 1 aromatic heterocycles. The van der Waals surface area contributed by atoms with Gasteiger partial charge in [0.15, 0.2) is 0 Å². The number of aryl methyl sites for hydroxylation is 1. The molecule has 1 aromatic rings. The van der Waals surface area contributed by atoms with Crippen LogP contribution in [0.4, 0.5) is 0 Å². The molecule has 0 radical (unpaired) electrons. The van der Waals surface area contributed by atoms with Crippen molar-refractivity contribution in [1.82, 2.24) is 4.90 Å². The van der Waals surface area contributed by atoms with E-state index < -0.39 is 0 Å². The maximum atomic E-state index is 11.5. The molecule has 1 heterocycles. The van der Waals surface area contributed by atoms with Gasteiger partial charge in [-0.05, 0) is 19.1 Å². The van der Waals surface area contributed by atoms with Crippen molar-refractivity contribution in [1.29, 1.82) is 0 Å². The lowest BCUT2D eigenvalue weighted by atomic mass is 10.3. The first-order valence-electron chi connectivity index (χ1n) is 4.56. The summed E-state index contributed by atoms with van der Waals surface area (Å²) in [6, 6.07) is 3.71. The molecular formula is C10H14N2O2S. The number of thiocarbonyl (C=S) groups is 1. The number of nitrogens with zero attached hydrogens (tertiary/aromatic N) is 1. The summed E-state index contributed by atoms with van der Waals surface area (Å²) >= 11 is 4.67. The Morgan fingerprint density at radius 1 is 1.60 bits per heavy atom. The molecule has 0 atom stereocenters. The van der Waals surface area contributed by atoms with Crippen molar-refractivity contribution < 1.29 is 9.21 Å². The van der Waals surface area contributed by atoms with Gasteiger partial charge in [-0.25, -0.2) is 0 Å². The molecule has 0 unspecified atom stereocenters. The minimum absolute atomic E-state index is 0.100. The van der Waals surface area contributed by atoms with Crippen molar-refractivity contribution in [3.63, 3.8) is 0 Å². The van der Waals surface area contributed by atoms with Gasteiger partial charge in [0.25, 0.3) is 0 Å². The zero-order valence-corrected chi connectivity index (χ0v) is 9.63. The molecular weight excluding hydrogens is 212 g/mol. The van der Waals surface area contributed by atoms with Gasteiger partial charge in [-0.1, -0.05) is 12.2 Å². The molecule has 0 aliphatic heterocycles. The summed E-state index contributed by atoms with van der Waals surface area (Å²) in [5.41, 5.74) is 5.29. The Labute approximate surface area is 94.0 Å². The highest BCUT2D eigenvalue weighted by molar-refractivity contribution is 7.80. The van der Waals surface area contributed by atoms with Crippen molar-refractivity contribution in [2.45, 2.75) is 19.9 Å². The van der Waals surface area contributed by atoms with E-state index in [9.17, 15) is 4.79 Å². The van der Waals surface area contributed by atoms with Crippen LogP contribution in [0.15, 0.2) is 16.5 Å². The summed E-state index contributed by atoms with van der Waals surface area (Å²) in [5, 5.41) is 0. The molecule has 82 valence electrons. The van der Waals surface area contributed by atoms with E-state index in [2.05, 4.69) is 12.2 Å². The molecule has 0 saturated heterocycles.